The monoisotopic (exact) mass is 339 g/mol. The Balaban J connectivity index is 1.91. The molecule has 1 unspecified atom stereocenters. The van der Waals surface area contributed by atoms with Gasteiger partial charge in [0.2, 0.25) is 5.91 Å². The molecule has 0 aliphatic rings. The van der Waals surface area contributed by atoms with Gasteiger partial charge in [0, 0.05) is 31.6 Å². The van der Waals surface area contributed by atoms with Crippen molar-refractivity contribution in [2.45, 2.75) is 45.4 Å². The predicted octanol–water partition coefficient (Wildman–Crippen LogP) is 3.23. The summed E-state index contributed by atoms with van der Waals surface area (Å²) in [6.45, 7) is 5.75. The Hall–Kier alpha value is -2.17. The number of carbonyl (C=O) groups is 1. The van der Waals surface area contributed by atoms with Crippen LogP contribution in [0.2, 0.25) is 0 Å². The van der Waals surface area contributed by atoms with Gasteiger partial charge in [-0.3, -0.25) is 9.69 Å². The molecule has 2 aromatic rings. The van der Waals surface area contributed by atoms with Crippen molar-refractivity contribution in [1.82, 2.24) is 10.2 Å². The minimum Gasteiger partial charge on any atom is -0.352 e. The first-order valence-corrected chi connectivity index (χ1v) is 8.81. The van der Waals surface area contributed by atoms with Crippen molar-refractivity contribution in [3.8, 4) is 0 Å². The lowest BCUT2D eigenvalue weighted by molar-refractivity contribution is -0.121. The standard InChI is InChI=1S/C21H29N3O/c1-16(2)24(3)15-19-12-8-7-11-18(19)14-23-21(25)13-20(22)17-9-5-4-6-10-17/h4-12,16,20H,13-15,22H2,1-3H3,(H,23,25). The van der Waals surface area contributed by atoms with Crippen LogP contribution in [0.3, 0.4) is 0 Å². The molecule has 0 spiro atoms. The summed E-state index contributed by atoms with van der Waals surface area (Å²) in [4.78, 5) is 14.5. The number of nitrogens with two attached hydrogens (primary N) is 1. The molecule has 0 saturated carbocycles. The number of amides is 1. The van der Waals surface area contributed by atoms with E-state index in [0.29, 0.717) is 12.6 Å². The smallest absolute Gasteiger partial charge is 0.222 e. The summed E-state index contributed by atoms with van der Waals surface area (Å²) in [6.07, 6.45) is 0.290. The van der Waals surface area contributed by atoms with Crippen LogP contribution in [0, 0.1) is 0 Å². The lowest BCUT2D eigenvalue weighted by atomic mass is 10.0. The number of hydrogen-bond acceptors (Lipinski definition) is 3. The second-order valence-electron chi connectivity index (χ2n) is 6.78. The van der Waals surface area contributed by atoms with E-state index in [1.165, 1.54) is 5.56 Å². The summed E-state index contributed by atoms with van der Waals surface area (Å²) in [5.74, 6) is -0.0247. The molecule has 0 saturated heterocycles. The van der Waals surface area contributed by atoms with E-state index in [9.17, 15) is 4.79 Å². The zero-order chi connectivity index (χ0) is 18.2. The van der Waals surface area contributed by atoms with Crippen molar-refractivity contribution >= 4 is 5.91 Å². The third-order valence-electron chi connectivity index (χ3n) is 4.53. The molecule has 0 aliphatic heterocycles. The average molecular weight is 339 g/mol. The number of nitrogens with zero attached hydrogens (tertiary/aromatic N) is 1. The topological polar surface area (TPSA) is 58.4 Å². The van der Waals surface area contributed by atoms with E-state index in [0.717, 1.165) is 17.7 Å². The van der Waals surface area contributed by atoms with Gasteiger partial charge in [0.05, 0.1) is 0 Å². The lowest BCUT2D eigenvalue weighted by Gasteiger charge is -2.22. The fraction of sp³-hybridized carbons (Fsp3) is 0.381. The average Bonchev–Trinajstić information content (AvgIpc) is 2.61. The molecule has 0 bridgehead atoms. The molecule has 134 valence electrons. The van der Waals surface area contributed by atoms with Crippen LogP contribution < -0.4 is 11.1 Å². The van der Waals surface area contributed by atoms with Gasteiger partial charge in [-0.25, -0.2) is 0 Å². The third-order valence-corrected chi connectivity index (χ3v) is 4.53. The van der Waals surface area contributed by atoms with Crippen molar-refractivity contribution in [1.29, 1.82) is 0 Å². The Morgan fingerprint density at radius 3 is 2.28 bits per heavy atom. The van der Waals surface area contributed by atoms with Crippen LogP contribution in [-0.4, -0.2) is 23.9 Å². The molecule has 3 N–H and O–H groups in total. The van der Waals surface area contributed by atoms with Gasteiger partial charge < -0.3 is 11.1 Å². The first-order valence-electron chi connectivity index (χ1n) is 8.81. The van der Waals surface area contributed by atoms with Crippen molar-refractivity contribution in [3.05, 3.63) is 71.3 Å². The highest BCUT2D eigenvalue weighted by Crippen LogP contribution is 2.15. The minimum absolute atomic E-state index is 0.0247. The van der Waals surface area contributed by atoms with Crippen molar-refractivity contribution < 1.29 is 4.79 Å². The van der Waals surface area contributed by atoms with E-state index in [-0.39, 0.29) is 18.4 Å². The van der Waals surface area contributed by atoms with E-state index in [1.54, 1.807) is 0 Å². The first kappa shape index (κ1) is 19.2. The SMILES string of the molecule is CC(C)N(C)Cc1ccccc1CNC(=O)CC(N)c1ccccc1. The Morgan fingerprint density at radius 2 is 1.64 bits per heavy atom. The maximum atomic E-state index is 12.2. The third kappa shape index (κ3) is 6.00. The van der Waals surface area contributed by atoms with E-state index in [2.05, 4.69) is 43.2 Å². The van der Waals surface area contributed by atoms with Crippen LogP contribution in [0.1, 0.15) is 43.0 Å². The molecule has 0 radical (unpaired) electrons. The molecule has 2 aromatic carbocycles. The maximum absolute atomic E-state index is 12.2. The summed E-state index contributed by atoms with van der Waals surface area (Å²) in [5, 5.41) is 3.01. The molecule has 0 heterocycles. The summed E-state index contributed by atoms with van der Waals surface area (Å²) in [6, 6.07) is 18.2. The molecule has 0 fully saturated rings. The molecule has 4 nitrogen and oxygen atoms in total. The molecule has 4 heteroatoms. The van der Waals surface area contributed by atoms with Crippen LogP contribution in [-0.2, 0) is 17.9 Å². The summed E-state index contributed by atoms with van der Waals surface area (Å²) < 4.78 is 0. The van der Waals surface area contributed by atoms with Crippen LogP contribution in [0.5, 0.6) is 0 Å². The summed E-state index contributed by atoms with van der Waals surface area (Å²) >= 11 is 0. The molecule has 1 amide bonds. The highest BCUT2D eigenvalue weighted by atomic mass is 16.1. The summed E-state index contributed by atoms with van der Waals surface area (Å²) in [7, 11) is 2.11. The zero-order valence-electron chi connectivity index (χ0n) is 15.4. The highest BCUT2D eigenvalue weighted by Gasteiger charge is 2.12. The van der Waals surface area contributed by atoms with Gasteiger partial charge in [-0.2, -0.15) is 0 Å². The fourth-order valence-electron chi connectivity index (χ4n) is 2.62. The number of benzene rings is 2. The Morgan fingerprint density at radius 1 is 1.04 bits per heavy atom. The van der Waals surface area contributed by atoms with Crippen molar-refractivity contribution in [2.24, 2.45) is 5.73 Å². The van der Waals surface area contributed by atoms with E-state index in [4.69, 9.17) is 5.73 Å². The largest absolute Gasteiger partial charge is 0.352 e. The van der Waals surface area contributed by atoms with Crippen LogP contribution in [0.25, 0.3) is 0 Å². The fourth-order valence-corrected chi connectivity index (χ4v) is 2.62. The highest BCUT2D eigenvalue weighted by molar-refractivity contribution is 5.76. The van der Waals surface area contributed by atoms with E-state index < -0.39 is 0 Å². The molecular formula is C21H29N3O. The van der Waals surface area contributed by atoms with Gasteiger partial charge in [-0.1, -0.05) is 54.6 Å². The van der Waals surface area contributed by atoms with Gasteiger partial charge >= 0.3 is 0 Å². The van der Waals surface area contributed by atoms with Gasteiger partial charge in [-0.15, -0.1) is 0 Å². The van der Waals surface area contributed by atoms with Crippen LogP contribution in [0.15, 0.2) is 54.6 Å². The quantitative estimate of drug-likeness (QED) is 0.776. The van der Waals surface area contributed by atoms with E-state index in [1.807, 2.05) is 42.5 Å². The number of rotatable bonds is 8. The van der Waals surface area contributed by atoms with Crippen LogP contribution in [0.4, 0.5) is 0 Å². The van der Waals surface area contributed by atoms with Gasteiger partial charge in [0.15, 0.2) is 0 Å². The number of nitrogens with one attached hydrogen (secondary N) is 1. The van der Waals surface area contributed by atoms with Crippen LogP contribution >= 0.6 is 0 Å². The maximum Gasteiger partial charge on any atom is 0.222 e. The van der Waals surface area contributed by atoms with Crippen molar-refractivity contribution in [2.75, 3.05) is 7.05 Å². The van der Waals surface area contributed by atoms with E-state index >= 15 is 0 Å². The van der Waals surface area contributed by atoms with Gasteiger partial charge in [0.1, 0.15) is 0 Å². The summed E-state index contributed by atoms with van der Waals surface area (Å²) in [5.41, 5.74) is 9.50. The Bertz CT molecular complexity index is 670. The number of carbonyl (C=O) groups excluding carboxylic acids is 1. The lowest BCUT2D eigenvalue weighted by Crippen LogP contribution is -2.29. The first-order chi connectivity index (χ1) is 12.0. The Labute approximate surface area is 151 Å². The number of hydrogen-bond donors (Lipinski definition) is 2. The second kappa shape index (κ2) is 9.35. The van der Waals surface area contributed by atoms with Gasteiger partial charge in [-0.05, 0) is 37.6 Å². The minimum atomic E-state index is -0.275. The predicted molar refractivity (Wildman–Crippen MR) is 103 cm³/mol. The molecule has 25 heavy (non-hydrogen) atoms. The van der Waals surface area contributed by atoms with Gasteiger partial charge in [0.25, 0.3) is 0 Å². The zero-order valence-corrected chi connectivity index (χ0v) is 15.4. The molecular weight excluding hydrogens is 310 g/mol. The van der Waals surface area contributed by atoms with Crippen molar-refractivity contribution in [3.63, 3.8) is 0 Å². The molecule has 2 rings (SSSR count). The second-order valence-corrected chi connectivity index (χ2v) is 6.78. The molecule has 0 aromatic heterocycles. The molecule has 1 atom stereocenters. The Kier molecular flexibility index (Phi) is 7.16. The molecule has 0 aliphatic carbocycles. The normalized spacial score (nSPS) is 12.4.